The summed E-state index contributed by atoms with van der Waals surface area (Å²) in [6.45, 7) is 9.21. The molecule has 0 N–H and O–H groups in total. The lowest BCUT2D eigenvalue weighted by molar-refractivity contribution is 0.00578. The molecule has 0 aliphatic carbocycles. The first-order valence-electron chi connectivity index (χ1n) is 7.97. The van der Waals surface area contributed by atoms with Crippen molar-refractivity contribution >= 4 is 12.6 Å². The Morgan fingerprint density at radius 3 is 2.29 bits per heavy atom. The molecule has 1 atom stereocenters. The summed E-state index contributed by atoms with van der Waals surface area (Å²) in [7, 11) is -0.309. The molecule has 1 aromatic rings. The van der Waals surface area contributed by atoms with E-state index in [9.17, 15) is 0 Å². The molecule has 2 aliphatic rings. The highest BCUT2D eigenvalue weighted by molar-refractivity contribution is 6.62. The van der Waals surface area contributed by atoms with Crippen molar-refractivity contribution < 1.29 is 14.0 Å². The SMILES string of the molecule is CC1(C)OB(c2ccccc2C2CCCCO2)OC1(C)C. The highest BCUT2D eigenvalue weighted by atomic mass is 16.7. The first-order valence-corrected chi connectivity index (χ1v) is 7.97. The van der Waals surface area contributed by atoms with Crippen LogP contribution >= 0.6 is 0 Å². The molecular formula is C17H25BO3. The fourth-order valence-electron chi connectivity index (χ4n) is 2.97. The maximum atomic E-state index is 6.20. The van der Waals surface area contributed by atoms with Gasteiger partial charge in [-0.1, -0.05) is 24.3 Å². The Bertz CT molecular complexity index is 491. The van der Waals surface area contributed by atoms with E-state index in [2.05, 4.69) is 45.9 Å². The lowest BCUT2D eigenvalue weighted by Crippen LogP contribution is -2.41. The molecule has 0 bridgehead atoms. The van der Waals surface area contributed by atoms with Crippen LogP contribution in [0.4, 0.5) is 0 Å². The fraction of sp³-hybridized carbons (Fsp3) is 0.647. The number of rotatable bonds is 2. The minimum absolute atomic E-state index is 0.175. The van der Waals surface area contributed by atoms with Crippen molar-refractivity contribution in [2.24, 2.45) is 0 Å². The van der Waals surface area contributed by atoms with Crippen LogP contribution in [0.3, 0.4) is 0 Å². The van der Waals surface area contributed by atoms with Gasteiger partial charge in [-0.2, -0.15) is 0 Å². The third kappa shape index (κ3) is 2.77. The van der Waals surface area contributed by atoms with Crippen LogP contribution in [0.15, 0.2) is 24.3 Å². The summed E-state index contributed by atoms with van der Waals surface area (Å²) in [5.74, 6) is 0. The molecule has 2 saturated heterocycles. The number of benzene rings is 1. The van der Waals surface area contributed by atoms with Crippen LogP contribution in [0, 0.1) is 0 Å². The molecule has 2 fully saturated rings. The van der Waals surface area contributed by atoms with E-state index in [-0.39, 0.29) is 24.4 Å². The van der Waals surface area contributed by atoms with Crippen molar-refractivity contribution in [2.75, 3.05) is 6.61 Å². The zero-order valence-electron chi connectivity index (χ0n) is 13.5. The highest BCUT2D eigenvalue weighted by Gasteiger charge is 2.52. The Morgan fingerprint density at radius 2 is 1.67 bits per heavy atom. The average Bonchev–Trinajstić information content (AvgIpc) is 2.68. The van der Waals surface area contributed by atoms with Gasteiger partial charge in [0.2, 0.25) is 0 Å². The summed E-state index contributed by atoms with van der Waals surface area (Å²) in [5, 5.41) is 0. The van der Waals surface area contributed by atoms with Crippen molar-refractivity contribution in [3.8, 4) is 0 Å². The average molecular weight is 288 g/mol. The van der Waals surface area contributed by atoms with Crippen molar-refractivity contribution in [3.63, 3.8) is 0 Å². The first kappa shape index (κ1) is 15.1. The number of ether oxygens (including phenoxy) is 1. The zero-order valence-corrected chi connectivity index (χ0v) is 13.5. The second-order valence-electron chi connectivity index (χ2n) is 7.07. The second kappa shape index (κ2) is 5.42. The van der Waals surface area contributed by atoms with Gasteiger partial charge < -0.3 is 14.0 Å². The second-order valence-corrected chi connectivity index (χ2v) is 7.07. The van der Waals surface area contributed by atoms with Gasteiger partial charge in [0.1, 0.15) is 0 Å². The van der Waals surface area contributed by atoms with E-state index in [1.54, 1.807) is 0 Å². The van der Waals surface area contributed by atoms with Gasteiger partial charge in [-0.3, -0.25) is 0 Å². The number of hydrogen-bond acceptors (Lipinski definition) is 3. The summed E-state index contributed by atoms with van der Waals surface area (Å²) in [5.41, 5.74) is 1.72. The lowest BCUT2D eigenvalue weighted by Gasteiger charge is -2.32. The molecule has 0 aromatic heterocycles. The van der Waals surface area contributed by atoms with E-state index < -0.39 is 0 Å². The maximum Gasteiger partial charge on any atom is 0.495 e. The monoisotopic (exact) mass is 288 g/mol. The summed E-state index contributed by atoms with van der Waals surface area (Å²) >= 11 is 0. The van der Waals surface area contributed by atoms with Crippen LogP contribution in [0.5, 0.6) is 0 Å². The molecule has 4 heteroatoms. The smallest absolute Gasteiger partial charge is 0.399 e. The number of hydrogen-bond donors (Lipinski definition) is 0. The van der Waals surface area contributed by atoms with Crippen LogP contribution in [0.25, 0.3) is 0 Å². The van der Waals surface area contributed by atoms with Crippen molar-refractivity contribution in [1.82, 2.24) is 0 Å². The van der Waals surface area contributed by atoms with Crippen molar-refractivity contribution in [2.45, 2.75) is 64.3 Å². The quantitative estimate of drug-likeness (QED) is 0.782. The predicted molar refractivity (Wildman–Crippen MR) is 84.7 cm³/mol. The lowest BCUT2D eigenvalue weighted by atomic mass is 9.74. The van der Waals surface area contributed by atoms with Gasteiger partial charge in [0.25, 0.3) is 0 Å². The maximum absolute atomic E-state index is 6.20. The van der Waals surface area contributed by atoms with Gasteiger partial charge in [-0.25, -0.2) is 0 Å². The van der Waals surface area contributed by atoms with Gasteiger partial charge in [0, 0.05) is 6.61 Å². The van der Waals surface area contributed by atoms with Crippen LogP contribution in [0.1, 0.15) is 58.6 Å². The van der Waals surface area contributed by atoms with E-state index in [0.29, 0.717) is 0 Å². The third-order valence-electron chi connectivity index (χ3n) is 5.03. The van der Waals surface area contributed by atoms with E-state index >= 15 is 0 Å². The normalized spacial score (nSPS) is 27.8. The first-order chi connectivity index (χ1) is 9.91. The molecular weight excluding hydrogens is 263 g/mol. The van der Waals surface area contributed by atoms with Crippen LogP contribution in [0.2, 0.25) is 0 Å². The van der Waals surface area contributed by atoms with Crippen molar-refractivity contribution in [3.05, 3.63) is 29.8 Å². The van der Waals surface area contributed by atoms with Gasteiger partial charge in [0.05, 0.1) is 17.3 Å². The Balaban J connectivity index is 1.89. The predicted octanol–water partition coefficient (Wildman–Crippen LogP) is 3.23. The topological polar surface area (TPSA) is 27.7 Å². The molecule has 2 aliphatic heterocycles. The molecule has 1 aromatic carbocycles. The van der Waals surface area contributed by atoms with E-state index in [1.807, 2.05) is 6.07 Å². The molecule has 0 spiro atoms. The molecule has 2 heterocycles. The van der Waals surface area contributed by atoms with Crippen LogP contribution < -0.4 is 5.46 Å². The molecule has 0 radical (unpaired) electrons. The molecule has 3 nitrogen and oxygen atoms in total. The standard InChI is InChI=1S/C17H25BO3/c1-16(2)17(3,4)21-18(20-16)14-10-6-5-9-13(14)15-11-7-8-12-19-15/h5-6,9-10,15H,7-8,11-12H2,1-4H3. The summed E-state index contributed by atoms with van der Waals surface area (Å²) in [6.07, 6.45) is 3.64. The Labute approximate surface area is 128 Å². The third-order valence-corrected chi connectivity index (χ3v) is 5.03. The van der Waals surface area contributed by atoms with Crippen LogP contribution in [-0.4, -0.2) is 24.9 Å². The minimum Gasteiger partial charge on any atom is -0.399 e. The molecule has 114 valence electrons. The Morgan fingerprint density at radius 1 is 1.00 bits per heavy atom. The summed E-state index contributed by atoms with van der Waals surface area (Å²) < 4.78 is 18.4. The molecule has 0 amide bonds. The largest absolute Gasteiger partial charge is 0.495 e. The molecule has 3 rings (SSSR count). The fourth-order valence-corrected chi connectivity index (χ4v) is 2.97. The highest BCUT2D eigenvalue weighted by Crippen LogP contribution is 2.37. The van der Waals surface area contributed by atoms with E-state index in [0.717, 1.165) is 24.9 Å². The van der Waals surface area contributed by atoms with Crippen LogP contribution in [-0.2, 0) is 14.0 Å². The molecule has 0 saturated carbocycles. The van der Waals surface area contributed by atoms with Gasteiger partial charge in [-0.15, -0.1) is 0 Å². The minimum atomic E-state index is -0.309. The zero-order chi connectivity index (χ0) is 15.1. The summed E-state index contributed by atoms with van der Waals surface area (Å²) in [6, 6.07) is 8.38. The van der Waals surface area contributed by atoms with Gasteiger partial charge in [-0.05, 0) is 58.0 Å². The Hall–Kier alpha value is -0.835. The van der Waals surface area contributed by atoms with E-state index in [4.69, 9.17) is 14.0 Å². The van der Waals surface area contributed by atoms with Gasteiger partial charge in [0.15, 0.2) is 0 Å². The molecule has 1 unspecified atom stereocenters. The van der Waals surface area contributed by atoms with E-state index in [1.165, 1.54) is 12.0 Å². The van der Waals surface area contributed by atoms with Gasteiger partial charge >= 0.3 is 7.12 Å². The molecule has 21 heavy (non-hydrogen) atoms. The Kier molecular flexibility index (Phi) is 3.89. The summed E-state index contributed by atoms with van der Waals surface area (Å²) in [4.78, 5) is 0. The van der Waals surface area contributed by atoms with Crippen molar-refractivity contribution in [1.29, 1.82) is 0 Å².